The lowest BCUT2D eigenvalue weighted by atomic mass is 10.2. The summed E-state index contributed by atoms with van der Waals surface area (Å²) in [6, 6.07) is 10.0. The smallest absolute Gasteiger partial charge is 0.269 e. The van der Waals surface area contributed by atoms with Gasteiger partial charge in [0.25, 0.3) is 11.8 Å². The molecule has 0 saturated heterocycles. The lowest BCUT2D eigenvalue weighted by molar-refractivity contribution is 0.0933. The van der Waals surface area contributed by atoms with E-state index in [0.717, 1.165) is 17.3 Å². The summed E-state index contributed by atoms with van der Waals surface area (Å²) in [5, 5.41) is 2.47. The van der Waals surface area contributed by atoms with Crippen LogP contribution in [0.25, 0.3) is 0 Å². The minimum absolute atomic E-state index is 0.0552. The highest BCUT2D eigenvalue weighted by atomic mass is 79.9. The Kier molecular flexibility index (Phi) is 9.54. The van der Waals surface area contributed by atoms with E-state index in [0.29, 0.717) is 33.7 Å². The van der Waals surface area contributed by atoms with Crippen LogP contribution in [0.3, 0.4) is 0 Å². The van der Waals surface area contributed by atoms with Gasteiger partial charge in [0.15, 0.2) is 5.11 Å². The first-order chi connectivity index (χ1) is 14.3. The normalized spacial score (nSPS) is 10.1. The van der Waals surface area contributed by atoms with Crippen LogP contribution in [0.15, 0.2) is 45.3 Å². The molecule has 10 heteroatoms. The first-order valence-electron chi connectivity index (χ1n) is 9.03. The molecule has 0 aromatic heterocycles. The molecule has 0 unspecified atom stereocenters. The summed E-state index contributed by atoms with van der Waals surface area (Å²) in [4.78, 5) is 24.9. The van der Waals surface area contributed by atoms with E-state index in [4.69, 9.17) is 21.7 Å². The van der Waals surface area contributed by atoms with Crippen molar-refractivity contribution in [3.8, 4) is 11.5 Å². The Labute approximate surface area is 197 Å². The summed E-state index contributed by atoms with van der Waals surface area (Å²) in [5.74, 6) is 0.176. The zero-order valence-corrected chi connectivity index (χ0v) is 20.4. The Morgan fingerprint density at radius 2 is 1.77 bits per heavy atom. The van der Waals surface area contributed by atoms with Gasteiger partial charge in [0.05, 0.1) is 23.8 Å². The second kappa shape index (κ2) is 11.9. The molecule has 30 heavy (non-hydrogen) atoms. The van der Waals surface area contributed by atoms with E-state index in [1.807, 2.05) is 0 Å². The van der Waals surface area contributed by atoms with Crippen LogP contribution in [0, 0.1) is 0 Å². The first-order valence-corrected chi connectivity index (χ1v) is 11.0. The van der Waals surface area contributed by atoms with Gasteiger partial charge in [-0.1, -0.05) is 29.3 Å². The fourth-order valence-electron chi connectivity index (χ4n) is 2.33. The molecule has 0 fully saturated rings. The molecular weight excluding hydrogens is 538 g/mol. The summed E-state index contributed by atoms with van der Waals surface area (Å²) < 4.78 is 12.2. The quantitative estimate of drug-likeness (QED) is 0.266. The number of hydrogen-bond donors (Lipinski definition) is 3. The van der Waals surface area contributed by atoms with E-state index in [9.17, 15) is 9.59 Å². The Balaban J connectivity index is 1.96. The molecule has 0 heterocycles. The monoisotopic (exact) mass is 557 g/mol. The largest absolute Gasteiger partial charge is 0.496 e. The maximum absolute atomic E-state index is 12.6. The summed E-state index contributed by atoms with van der Waals surface area (Å²) in [7, 11) is 1.54. The molecule has 2 amide bonds. The SMILES string of the molecule is CCCCOc1ccc(Br)cc1C(=O)NC(=S)NNC(=O)c1ccc(OC)c(Br)c1. The van der Waals surface area contributed by atoms with Crippen LogP contribution < -0.4 is 25.6 Å². The van der Waals surface area contributed by atoms with Crippen LogP contribution in [0.5, 0.6) is 11.5 Å². The van der Waals surface area contributed by atoms with E-state index >= 15 is 0 Å². The Morgan fingerprint density at radius 1 is 1.03 bits per heavy atom. The highest BCUT2D eigenvalue weighted by molar-refractivity contribution is 9.10. The number of carbonyl (C=O) groups is 2. The van der Waals surface area contributed by atoms with E-state index < -0.39 is 11.8 Å². The summed E-state index contributed by atoms with van der Waals surface area (Å²) in [5.41, 5.74) is 5.66. The van der Waals surface area contributed by atoms with Gasteiger partial charge >= 0.3 is 0 Å². The van der Waals surface area contributed by atoms with Crippen molar-refractivity contribution in [2.75, 3.05) is 13.7 Å². The molecule has 2 aromatic carbocycles. The van der Waals surface area contributed by atoms with E-state index in [2.05, 4.69) is 55.0 Å². The zero-order chi connectivity index (χ0) is 22.1. The van der Waals surface area contributed by atoms with Crippen LogP contribution >= 0.6 is 44.1 Å². The van der Waals surface area contributed by atoms with Crippen molar-refractivity contribution < 1.29 is 19.1 Å². The summed E-state index contributed by atoms with van der Waals surface area (Å²) in [6.07, 6.45) is 1.86. The number of hydrazine groups is 1. The number of halogens is 2. The van der Waals surface area contributed by atoms with Crippen LogP contribution in [0.4, 0.5) is 0 Å². The minimum atomic E-state index is -0.457. The third kappa shape index (κ3) is 6.96. The van der Waals surface area contributed by atoms with Crippen LogP contribution in [0.1, 0.15) is 40.5 Å². The number of thiocarbonyl (C=S) groups is 1. The maximum Gasteiger partial charge on any atom is 0.269 e. The molecule has 0 aliphatic carbocycles. The van der Waals surface area contributed by atoms with Gasteiger partial charge in [-0.15, -0.1) is 0 Å². The van der Waals surface area contributed by atoms with Gasteiger partial charge in [-0.3, -0.25) is 25.8 Å². The number of amides is 2. The predicted molar refractivity (Wildman–Crippen MR) is 126 cm³/mol. The second-order valence-corrected chi connectivity index (χ2v) is 8.23. The van der Waals surface area contributed by atoms with Crippen molar-refractivity contribution in [2.24, 2.45) is 0 Å². The van der Waals surface area contributed by atoms with Crippen molar-refractivity contribution in [2.45, 2.75) is 19.8 Å². The van der Waals surface area contributed by atoms with Crippen molar-refractivity contribution in [3.05, 3.63) is 56.5 Å². The molecule has 0 aliphatic heterocycles. The van der Waals surface area contributed by atoms with Crippen molar-refractivity contribution in [1.29, 1.82) is 0 Å². The Bertz CT molecular complexity index is 940. The third-order valence-corrected chi connectivity index (χ3v) is 5.19. The molecule has 0 aliphatic rings. The highest BCUT2D eigenvalue weighted by Gasteiger charge is 2.15. The standard InChI is InChI=1S/C20H21Br2N3O4S/c1-3-4-9-29-16-8-6-13(21)11-14(16)19(27)23-20(30)25-24-18(26)12-5-7-17(28-2)15(22)10-12/h5-8,10-11H,3-4,9H2,1-2H3,(H,24,26)(H2,23,25,27,30). The first kappa shape index (κ1) is 24.1. The Morgan fingerprint density at radius 3 is 2.43 bits per heavy atom. The van der Waals surface area contributed by atoms with Gasteiger partial charge in [0, 0.05) is 10.0 Å². The molecule has 7 nitrogen and oxygen atoms in total. The summed E-state index contributed by atoms with van der Waals surface area (Å²) >= 11 is 11.8. The lowest BCUT2D eigenvalue weighted by Crippen LogP contribution is -2.48. The molecule has 0 atom stereocenters. The van der Waals surface area contributed by atoms with Crippen molar-refractivity contribution >= 4 is 61.0 Å². The number of methoxy groups -OCH3 is 1. The summed E-state index contributed by atoms with van der Waals surface area (Å²) in [6.45, 7) is 2.57. The molecular formula is C20H21Br2N3O4S. The topological polar surface area (TPSA) is 88.7 Å². The second-order valence-electron chi connectivity index (χ2n) is 6.05. The average molecular weight is 559 g/mol. The van der Waals surface area contributed by atoms with Gasteiger partial charge in [-0.2, -0.15) is 0 Å². The number of nitrogens with one attached hydrogen (secondary N) is 3. The van der Waals surface area contributed by atoms with E-state index in [-0.39, 0.29) is 5.11 Å². The van der Waals surface area contributed by atoms with Crippen molar-refractivity contribution in [1.82, 2.24) is 16.2 Å². The average Bonchev–Trinajstić information content (AvgIpc) is 2.73. The van der Waals surface area contributed by atoms with E-state index in [1.165, 1.54) is 7.11 Å². The fourth-order valence-corrected chi connectivity index (χ4v) is 3.37. The van der Waals surface area contributed by atoms with Gasteiger partial charge in [-0.05, 0) is 71.0 Å². The van der Waals surface area contributed by atoms with Gasteiger partial charge in [0.2, 0.25) is 0 Å². The zero-order valence-electron chi connectivity index (χ0n) is 16.4. The molecule has 0 bridgehead atoms. The van der Waals surface area contributed by atoms with Crippen LogP contribution in [-0.4, -0.2) is 30.6 Å². The van der Waals surface area contributed by atoms with Gasteiger partial charge in [-0.25, -0.2) is 0 Å². The molecule has 3 N–H and O–H groups in total. The molecule has 0 saturated carbocycles. The number of ether oxygens (including phenoxy) is 2. The van der Waals surface area contributed by atoms with E-state index in [1.54, 1.807) is 36.4 Å². The Hall–Kier alpha value is -2.17. The number of carbonyl (C=O) groups excluding carboxylic acids is 2. The van der Waals surface area contributed by atoms with Crippen LogP contribution in [-0.2, 0) is 0 Å². The predicted octanol–water partition coefficient (Wildman–Crippen LogP) is 4.35. The highest BCUT2D eigenvalue weighted by Crippen LogP contribution is 2.25. The third-order valence-electron chi connectivity index (χ3n) is 3.87. The molecule has 2 rings (SSSR count). The number of hydrogen-bond acceptors (Lipinski definition) is 5. The van der Waals surface area contributed by atoms with Gasteiger partial charge in [0.1, 0.15) is 11.5 Å². The molecule has 0 radical (unpaired) electrons. The molecule has 2 aromatic rings. The molecule has 0 spiro atoms. The lowest BCUT2D eigenvalue weighted by Gasteiger charge is -2.14. The van der Waals surface area contributed by atoms with Crippen LogP contribution in [0.2, 0.25) is 0 Å². The minimum Gasteiger partial charge on any atom is -0.496 e. The number of rotatable bonds is 7. The van der Waals surface area contributed by atoms with Crippen molar-refractivity contribution in [3.63, 3.8) is 0 Å². The maximum atomic E-state index is 12.6. The molecule has 160 valence electrons. The van der Waals surface area contributed by atoms with Gasteiger partial charge < -0.3 is 9.47 Å². The number of unbranched alkanes of at least 4 members (excludes halogenated alkanes) is 1. The fraction of sp³-hybridized carbons (Fsp3) is 0.250. The number of benzene rings is 2.